The van der Waals surface area contributed by atoms with E-state index in [1.54, 1.807) is 0 Å². The monoisotopic (exact) mass is 276 g/mol. The van der Waals surface area contributed by atoms with Gasteiger partial charge >= 0.3 is 0 Å². The van der Waals surface area contributed by atoms with Gasteiger partial charge in [-0.1, -0.05) is 43.3 Å². The second-order valence-electron chi connectivity index (χ2n) is 4.93. The smallest absolute Gasteiger partial charge is 0.224 e. The summed E-state index contributed by atoms with van der Waals surface area (Å²) in [5, 5.41) is 2.79. The van der Waals surface area contributed by atoms with Crippen molar-refractivity contribution >= 4 is 21.8 Å². The molecular weight excluding hydrogens is 256 g/mol. The topological polar surface area (TPSA) is 55.1 Å². The highest BCUT2D eigenvalue weighted by atomic mass is 79.9. The second kappa shape index (κ2) is 6.28. The third kappa shape index (κ3) is 7.56. The Morgan fingerprint density at radius 1 is 1.53 bits per heavy atom. The molecule has 0 aliphatic rings. The molecule has 0 heterocycles. The minimum atomic E-state index is -0.114. The molecule has 0 aromatic carbocycles. The fourth-order valence-electron chi connectivity index (χ4n) is 1.35. The molecule has 0 aromatic rings. The van der Waals surface area contributed by atoms with Crippen LogP contribution in [0.5, 0.6) is 0 Å². The summed E-state index contributed by atoms with van der Waals surface area (Å²) in [7, 11) is 0. The van der Waals surface area contributed by atoms with E-state index >= 15 is 0 Å². The van der Waals surface area contributed by atoms with Crippen LogP contribution in [0.15, 0.2) is 11.1 Å². The predicted octanol–water partition coefficient (Wildman–Crippen LogP) is 2.02. The lowest BCUT2D eigenvalue weighted by atomic mass is 9.84. The van der Waals surface area contributed by atoms with E-state index in [0.717, 1.165) is 10.9 Å². The molecule has 0 aliphatic heterocycles. The summed E-state index contributed by atoms with van der Waals surface area (Å²) in [6, 6.07) is 0. The minimum absolute atomic E-state index is 0.00743. The van der Waals surface area contributed by atoms with Crippen LogP contribution in [0, 0.1) is 11.3 Å². The Bertz CT molecular complexity index is 233. The van der Waals surface area contributed by atoms with E-state index in [1.807, 2.05) is 0 Å². The van der Waals surface area contributed by atoms with Gasteiger partial charge in [0.15, 0.2) is 0 Å². The SMILES string of the molecule is C=C(Br)CNC(=O)C(CN)CC(C)(C)C. The molecule has 0 bridgehead atoms. The van der Waals surface area contributed by atoms with Crippen molar-refractivity contribution < 1.29 is 4.79 Å². The first-order valence-corrected chi connectivity index (χ1v) is 5.86. The molecular formula is C11H21BrN2O. The van der Waals surface area contributed by atoms with Crippen molar-refractivity contribution in [2.75, 3.05) is 13.1 Å². The number of carbonyl (C=O) groups excluding carboxylic acids is 1. The molecule has 3 N–H and O–H groups in total. The van der Waals surface area contributed by atoms with Crippen molar-refractivity contribution in [2.24, 2.45) is 17.1 Å². The van der Waals surface area contributed by atoms with Gasteiger partial charge in [0.1, 0.15) is 0 Å². The molecule has 1 atom stereocenters. The lowest BCUT2D eigenvalue weighted by Gasteiger charge is -2.24. The maximum absolute atomic E-state index is 11.7. The number of amides is 1. The average Bonchev–Trinajstić information content (AvgIpc) is 2.08. The molecule has 0 fully saturated rings. The highest BCUT2D eigenvalue weighted by Crippen LogP contribution is 2.23. The Labute approximate surface area is 101 Å². The van der Waals surface area contributed by atoms with Crippen LogP contribution < -0.4 is 11.1 Å². The van der Waals surface area contributed by atoms with Crippen LogP contribution in [0.2, 0.25) is 0 Å². The molecule has 0 saturated heterocycles. The van der Waals surface area contributed by atoms with Gasteiger partial charge in [-0.05, 0) is 11.8 Å². The first kappa shape index (κ1) is 14.6. The summed E-state index contributed by atoms with van der Waals surface area (Å²) in [6.07, 6.45) is 0.796. The normalized spacial score (nSPS) is 13.4. The van der Waals surface area contributed by atoms with Gasteiger partial charge < -0.3 is 11.1 Å². The first-order chi connectivity index (χ1) is 6.76. The number of nitrogens with two attached hydrogens (primary N) is 1. The molecule has 4 heteroatoms. The number of rotatable bonds is 5. The van der Waals surface area contributed by atoms with Crippen LogP contribution in [0.25, 0.3) is 0 Å². The van der Waals surface area contributed by atoms with Crippen LogP contribution in [0.4, 0.5) is 0 Å². The number of hydrogen-bond donors (Lipinski definition) is 2. The van der Waals surface area contributed by atoms with Crippen LogP contribution in [0.3, 0.4) is 0 Å². The highest BCUT2D eigenvalue weighted by Gasteiger charge is 2.23. The van der Waals surface area contributed by atoms with Crippen LogP contribution in [0.1, 0.15) is 27.2 Å². The van der Waals surface area contributed by atoms with Gasteiger partial charge in [0.2, 0.25) is 5.91 Å². The van der Waals surface area contributed by atoms with E-state index in [9.17, 15) is 4.79 Å². The zero-order valence-corrected chi connectivity index (χ0v) is 11.4. The highest BCUT2D eigenvalue weighted by molar-refractivity contribution is 9.11. The largest absolute Gasteiger partial charge is 0.351 e. The number of hydrogen-bond acceptors (Lipinski definition) is 2. The Kier molecular flexibility index (Phi) is 6.13. The molecule has 15 heavy (non-hydrogen) atoms. The molecule has 88 valence electrons. The summed E-state index contributed by atoms with van der Waals surface area (Å²) in [5.74, 6) is -0.107. The summed E-state index contributed by atoms with van der Waals surface area (Å²) >= 11 is 3.19. The van der Waals surface area contributed by atoms with Crippen LogP contribution >= 0.6 is 15.9 Å². The number of halogens is 1. The van der Waals surface area contributed by atoms with E-state index in [1.165, 1.54) is 0 Å². The molecule has 0 aliphatic carbocycles. The lowest BCUT2D eigenvalue weighted by Crippen LogP contribution is -2.37. The van der Waals surface area contributed by atoms with E-state index < -0.39 is 0 Å². The van der Waals surface area contributed by atoms with Gasteiger partial charge in [-0.3, -0.25) is 4.79 Å². The van der Waals surface area contributed by atoms with E-state index in [2.05, 4.69) is 48.6 Å². The van der Waals surface area contributed by atoms with Gasteiger partial charge in [0.25, 0.3) is 0 Å². The summed E-state index contributed by atoms with van der Waals surface area (Å²) in [4.78, 5) is 11.7. The van der Waals surface area contributed by atoms with Crippen molar-refractivity contribution in [3.63, 3.8) is 0 Å². The maximum atomic E-state index is 11.7. The van der Waals surface area contributed by atoms with Crippen molar-refractivity contribution in [1.82, 2.24) is 5.32 Å². The summed E-state index contributed by atoms with van der Waals surface area (Å²) < 4.78 is 0.766. The fraction of sp³-hybridized carbons (Fsp3) is 0.727. The van der Waals surface area contributed by atoms with Gasteiger partial charge in [-0.2, -0.15) is 0 Å². The fourth-order valence-corrected chi connectivity index (χ4v) is 1.49. The minimum Gasteiger partial charge on any atom is -0.351 e. The molecule has 3 nitrogen and oxygen atoms in total. The summed E-state index contributed by atoms with van der Waals surface area (Å²) in [5.41, 5.74) is 5.71. The van der Waals surface area contributed by atoms with E-state index in [-0.39, 0.29) is 17.2 Å². The second-order valence-corrected chi connectivity index (χ2v) is 6.05. The molecule has 0 spiro atoms. The lowest BCUT2D eigenvalue weighted by molar-refractivity contribution is -0.125. The van der Waals surface area contributed by atoms with Crippen molar-refractivity contribution in [3.8, 4) is 0 Å². The Balaban J connectivity index is 4.17. The Hall–Kier alpha value is -0.350. The standard InChI is InChI=1S/C11H21BrN2O/c1-8(12)7-14-10(15)9(6-13)5-11(2,3)4/h9H,1,5-7,13H2,2-4H3,(H,14,15). The molecule has 0 rings (SSSR count). The van der Waals surface area contributed by atoms with Crippen molar-refractivity contribution in [1.29, 1.82) is 0 Å². The maximum Gasteiger partial charge on any atom is 0.224 e. The third-order valence-electron chi connectivity index (χ3n) is 1.97. The van der Waals surface area contributed by atoms with E-state index in [4.69, 9.17) is 5.73 Å². The molecule has 1 amide bonds. The Morgan fingerprint density at radius 3 is 2.40 bits per heavy atom. The zero-order chi connectivity index (χ0) is 12.1. The van der Waals surface area contributed by atoms with Crippen LogP contribution in [-0.2, 0) is 4.79 Å². The summed E-state index contributed by atoms with van der Waals surface area (Å²) in [6.45, 7) is 10.8. The van der Waals surface area contributed by atoms with Gasteiger partial charge in [0.05, 0.1) is 5.92 Å². The molecule has 0 saturated carbocycles. The van der Waals surface area contributed by atoms with Crippen molar-refractivity contribution in [3.05, 3.63) is 11.1 Å². The molecule has 1 unspecified atom stereocenters. The first-order valence-electron chi connectivity index (χ1n) is 5.07. The number of nitrogens with one attached hydrogen (secondary N) is 1. The van der Waals surface area contributed by atoms with Crippen molar-refractivity contribution in [2.45, 2.75) is 27.2 Å². The average molecular weight is 277 g/mol. The van der Waals surface area contributed by atoms with Crippen LogP contribution in [-0.4, -0.2) is 19.0 Å². The number of carbonyl (C=O) groups is 1. The quantitative estimate of drug-likeness (QED) is 0.807. The van der Waals surface area contributed by atoms with Gasteiger partial charge in [0, 0.05) is 17.6 Å². The Morgan fingerprint density at radius 2 is 2.07 bits per heavy atom. The molecule has 0 radical (unpaired) electrons. The van der Waals surface area contributed by atoms with E-state index in [0.29, 0.717) is 13.1 Å². The van der Waals surface area contributed by atoms with Gasteiger partial charge in [-0.15, -0.1) is 0 Å². The van der Waals surface area contributed by atoms with Gasteiger partial charge in [-0.25, -0.2) is 0 Å². The molecule has 0 aromatic heterocycles. The zero-order valence-electron chi connectivity index (χ0n) is 9.77. The predicted molar refractivity (Wildman–Crippen MR) is 67.7 cm³/mol. The third-order valence-corrected chi connectivity index (χ3v) is 2.25.